The molecule has 20 nitrogen and oxygen atoms in total. The summed E-state index contributed by atoms with van der Waals surface area (Å²) in [4.78, 5) is 101. The number of carbonyl (C=O) groups is 7. The summed E-state index contributed by atoms with van der Waals surface area (Å²) < 4.78 is 0. The van der Waals surface area contributed by atoms with E-state index >= 15 is 0 Å². The molecule has 12 N–H and O–H groups in total. The Kier molecular flexibility index (Phi) is 19.1. The predicted octanol–water partition coefficient (Wildman–Crippen LogP) is -2.10. The van der Waals surface area contributed by atoms with Crippen molar-refractivity contribution < 1.29 is 54.0 Å². The molecular weight excluding hydrogens is 791 g/mol. The number of H-pyrrole nitrogens is 1. The normalized spacial score (nSPS) is 17.4. The number of amides is 6. The number of carboxylic acids is 1. The van der Waals surface area contributed by atoms with Gasteiger partial charge in [0.15, 0.2) is 0 Å². The van der Waals surface area contributed by atoms with E-state index in [2.05, 4.69) is 36.6 Å². The molecule has 1 fully saturated rings. The standard InChI is InChI=1S/C38H57N9O11S/c1-20(2)14-26(43-34(53)27(16-23-17-40-19-41-23)44-32(51)25(11-13-59-4)42-36(55)31(39)21(3)49)33(52)46-29(18-48)37(56)47-12-5-6-30(47)35(54)45-28(38(57)58)15-22-7-9-24(50)10-8-22/h7-10,17,19-21,25-31,48-50H,5-6,11-16,18,39H2,1-4H3,(H,40,41)(H,42,55)(H,43,53)(H,44,51)(H,45,54)(H,46,52)(H,57,58)/t21-,25+,26+,27+,28+,29+,30+,31+/m1/s1. The SMILES string of the molecule is CSCC[C@H](NC(=O)[C@@H](N)[C@@H](C)O)C(=O)N[C@@H](Cc1cnc[nH]1)C(=O)N[C@@H](CC(C)C)C(=O)N[C@@H](CO)C(=O)N1CCC[C@H]1C(=O)N[C@@H](Cc1ccc(O)cc1)C(=O)O. The monoisotopic (exact) mass is 847 g/mol. The van der Waals surface area contributed by atoms with Crippen LogP contribution in [-0.2, 0) is 46.4 Å². The average molecular weight is 848 g/mol. The van der Waals surface area contributed by atoms with Crippen LogP contribution in [0.2, 0.25) is 0 Å². The molecule has 6 amide bonds. The van der Waals surface area contributed by atoms with Gasteiger partial charge in [-0.15, -0.1) is 0 Å². The van der Waals surface area contributed by atoms with Crippen molar-refractivity contribution in [1.82, 2.24) is 41.5 Å². The van der Waals surface area contributed by atoms with E-state index in [0.29, 0.717) is 23.4 Å². The van der Waals surface area contributed by atoms with Crippen molar-refractivity contribution >= 4 is 53.2 Å². The van der Waals surface area contributed by atoms with Crippen LogP contribution in [-0.4, -0.2) is 150 Å². The number of aromatic amines is 1. The van der Waals surface area contributed by atoms with E-state index < -0.39 is 96.4 Å². The molecule has 0 spiro atoms. The number of aliphatic carboxylic acids is 1. The lowest BCUT2D eigenvalue weighted by molar-refractivity contribution is -0.145. The lowest BCUT2D eigenvalue weighted by Crippen LogP contribution is -2.61. The molecule has 2 aromatic rings. The third-order valence-corrected chi connectivity index (χ3v) is 10.3. The number of aliphatic hydroxyl groups is 2. The number of hydrogen-bond acceptors (Lipinski definition) is 13. The summed E-state index contributed by atoms with van der Waals surface area (Å²) >= 11 is 1.42. The van der Waals surface area contributed by atoms with Crippen LogP contribution in [0.1, 0.15) is 57.7 Å². The Morgan fingerprint density at radius 2 is 1.49 bits per heavy atom. The first-order chi connectivity index (χ1) is 27.9. The molecule has 0 bridgehead atoms. The number of aromatic hydroxyl groups is 1. The number of nitrogens with one attached hydrogen (secondary N) is 6. The minimum atomic E-state index is -1.54. The highest BCUT2D eigenvalue weighted by Gasteiger charge is 2.40. The van der Waals surface area contributed by atoms with Crippen LogP contribution in [0, 0.1) is 5.92 Å². The van der Waals surface area contributed by atoms with E-state index in [1.807, 2.05) is 0 Å². The summed E-state index contributed by atoms with van der Waals surface area (Å²) in [6.07, 6.45) is 4.06. The van der Waals surface area contributed by atoms with Gasteiger partial charge in [-0.25, -0.2) is 9.78 Å². The second-order valence-electron chi connectivity index (χ2n) is 14.8. The van der Waals surface area contributed by atoms with E-state index in [1.165, 1.54) is 60.4 Å². The molecule has 21 heteroatoms. The molecule has 0 aliphatic carbocycles. The molecule has 1 aromatic heterocycles. The molecule has 59 heavy (non-hydrogen) atoms. The molecule has 326 valence electrons. The van der Waals surface area contributed by atoms with Gasteiger partial charge in [-0.1, -0.05) is 26.0 Å². The van der Waals surface area contributed by atoms with Crippen LogP contribution < -0.4 is 32.3 Å². The number of rotatable bonds is 23. The lowest BCUT2D eigenvalue weighted by atomic mass is 10.0. The molecule has 1 aliphatic rings. The van der Waals surface area contributed by atoms with Crippen molar-refractivity contribution in [2.24, 2.45) is 11.7 Å². The van der Waals surface area contributed by atoms with Crippen LogP contribution >= 0.6 is 11.8 Å². The Labute approximate surface area is 346 Å². The van der Waals surface area contributed by atoms with Gasteiger partial charge in [-0.05, 0) is 68.2 Å². The number of phenolic OH excluding ortho intramolecular Hbond substituents is 1. The lowest BCUT2D eigenvalue weighted by Gasteiger charge is -2.30. The fraction of sp³-hybridized carbons (Fsp3) is 0.579. The number of likely N-dealkylation sites (tertiary alicyclic amines) is 1. The number of thioether (sulfide) groups is 1. The second kappa shape index (κ2) is 23.4. The molecule has 8 atom stereocenters. The number of aliphatic hydroxyl groups excluding tert-OH is 2. The van der Waals surface area contributed by atoms with Crippen molar-refractivity contribution in [3.63, 3.8) is 0 Å². The Bertz CT molecular complexity index is 1730. The highest BCUT2D eigenvalue weighted by molar-refractivity contribution is 7.98. The second-order valence-corrected chi connectivity index (χ2v) is 15.8. The average Bonchev–Trinajstić information content (AvgIpc) is 3.90. The van der Waals surface area contributed by atoms with E-state index in [4.69, 9.17) is 5.73 Å². The van der Waals surface area contributed by atoms with Crippen molar-refractivity contribution in [3.05, 3.63) is 48.0 Å². The topological polar surface area (TPSA) is 318 Å². The molecule has 0 unspecified atom stereocenters. The zero-order chi connectivity index (χ0) is 43.8. The number of aromatic nitrogens is 2. The Balaban J connectivity index is 1.76. The van der Waals surface area contributed by atoms with Gasteiger partial charge in [0.2, 0.25) is 35.4 Å². The molecule has 0 saturated carbocycles. The van der Waals surface area contributed by atoms with Crippen LogP contribution in [0.25, 0.3) is 0 Å². The maximum Gasteiger partial charge on any atom is 0.326 e. The van der Waals surface area contributed by atoms with Gasteiger partial charge in [0.25, 0.3) is 0 Å². The number of benzene rings is 1. The van der Waals surface area contributed by atoms with Crippen molar-refractivity contribution in [2.45, 2.75) is 108 Å². The van der Waals surface area contributed by atoms with Crippen molar-refractivity contribution in [1.29, 1.82) is 0 Å². The van der Waals surface area contributed by atoms with Gasteiger partial charge >= 0.3 is 5.97 Å². The number of nitrogens with two attached hydrogens (primary N) is 1. The van der Waals surface area contributed by atoms with Crippen molar-refractivity contribution in [2.75, 3.05) is 25.2 Å². The first-order valence-electron chi connectivity index (χ1n) is 19.3. The smallest absolute Gasteiger partial charge is 0.326 e. The molecule has 1 saturated heterocycles. The molecule has 3 rings (SSSR count). The summed E-state index contributed by atoms with van der Waals surface area (Å²) in [6, 6.07) is -3.19. The summed E-state index contributed by atoms with van der Waals surface area (Å²) in [7, 11) is 0. The number of imidazole rings is 1. The van der Waals surface area contributed by atoms with Gasteiger partial charge in [0, 0.05) is 31.3 Å². The van der Waals surface area contributed by atoms with E-state index in [9.17, 15) is 54.0 Å². The minimum absolute atomic E-state index is 0.0121. The first kappa shape index (κ1) is 48.1. The van der Waals surface area contributed by atoms with E-state index in [1.54, 1.807) is 20.1 Å². The number of phenols is 1. The zero-order valence-electron chi connectivity index (χ0n) is 33.6. The third kappa shape index (κ3) is 14.8. The molecule has 1 aromatic carbocycles. The quantitative estimate of drug-likeness (QED) is 0.0571. The van der Waals surface area contributed by atoms with E-state index in [-0.39, 0.29) is 50.3 Å². The molecule has 1 aliphatic heterocycles. The molecule has 0 radical (unpaired) electrons. The van der Waals surface area contributed by atoms with Gasteiger partial charge < -0.3 is 62.6 Å². The third-order valence-electron chi connectivity index (χ3n) is 9.64. The fourth-order valence-electron chi connectivity index (χ4n) is 6.36. The van der Waals surface area contributed by atoms with Crippen molar-refractivity contribution in [3.8, 4) is 5.75 Å². The Morgan fingerprint density at radius 1 is 0.881 bits per heavy atom. The Morgan fingerprint density at radius 3 is 2.07 bits per heavy atom. The predicted molar refractivity (Wildman–Crippen MR) is 215 cm³/mol. The Hall–Kier alpha value is -5.25. The number of hydrogen-bond donors (Lipinski definition) is 11. The molecular formula is C38H57N9O11S. The summed E-state index contributed by atoms with van der Waals surface area (Å²) in [5.74, 6) is -5.68. The largest absolute Gasteiger partial charge is 0.508 e. The van der Waals surface area contributed by atoms with Crippen LogP contribution in [0.4, 0.5) is 0 Å². The van der Waals surface area contributed by atoms with Gasteiger partial charge in [-0.2, -0.15) is 11.8 Å². The summed E-state index contributed by atoms with van der Waals surface area (Å²) in [5.41, 5.74) is 6.77. The fourth-order valence-corrected chi connectivity index (χ4v) is 6.83. The van der Waals surface area contributed by atoms with E-state index in [0.717, 1.165) is 0 Å². The van der Waals surface area contributed by atoms with Gasteiger partial charge in [0.1, 0.15) is 48.0 Å². The van der Waals surface area contributed by atoms with Gasteiger partial charge in [-0.3, -0.25) is 28.8 Å². The van der Waals surface area contributed by atoms with Gasteiger partial charge in [0.05, 0.1) is 19.0 Å². The highest BCUT2D eigenvalue weighted by Crippen LogP contribution is 2.20. The number of carbonyl (C=O) groups excluding carboxylic acids is 6. The highest BCUT2D eigenvalue weighted by atomic mass is 32.2. The maximum absolute atomic E-state index is 13.9. The number of nitrogens with zero attached hydrogens (tertiary/aromatic N) is 2. The van der Waals surface area contributed by atoms with Crippen LogP contribution in [0.15, 0.2) is 36.8 Å². The van der Waals surface area contributed by atoms with Crippen LogP contribution in [0.3, 0.4) is 0 Å². The van der Waals surface area contributed by atoms with Crippen LogP contribution in [0.5, 0.6) is 5.75 Å². The zero-order valence-corrected chi connectivity index (χ0v) is 34.4. The maximum atomic E-state index is 13.9. The minimum Gasteiger partial charge on any atom is -0.508 e. The summed E-state index contributed by atoms with van der Waals surface area (Å²) in [6.45, 7) is 4.14. The summed E-state index contributed by atoms with van der Waals surface area (Å²) in [5, 5.41) is 52.3. The number of carboxylic acid groups (broad SMARTS) is 1. The molecule has 2 heterocycles. The first-order valence-corrected chi connectivity index (χ1v) is 20.7.